The Bertz CT molecular complexity index is 553. The maximum absolute atomic E-state index is 12.1. The number of carboxylic acids is 1. The van der Waals surface area contributed by atoms with E-state index >= 15 is 0 Å². The lowest BCUT2D eigenvalue weighted by atomic mass is 9.95. The molecule has 1 fully saturated rings. The summed E-state index contributed by atoms with van der Waals surface area (Å²) in [5.74, 6) is -1.34. The average molecular weight is 318 g/mol. The second kappa shape index (κ2) is 8.48. The molecule has 0 saturated heterocycles. The van der Waals surface area contributed by atoms with E-state index in [1.165, 1.54) is 6.08 Å². The van der Waals surface area contributed by atoms with Gasteiger partial charge in [0.15, 0.2) is 0 Å². The summed E-state index contributed by atoms with van der Waals surface area (Å²) < 4.78 is 11.1. The fraction of sp³-hybridized carbons (Fsp3) is 0.444. The Kier molecular flexibility index (Phi) is 6.35. The van der Waals surface area contributed by atoms with E-state index in [0.29, 0.717) is 5.56 Å². The van der Waals surface area contributed by atoms with Gasteiger partial charge in [0.1, 0.15) is 6.10 Å². The number of carbonyl (C=O) groups excluding carboxylic acids is 1. The number of hydrogen-bond donors (Lipinski definition) is 1. The van der Waals surface area contributed by atoms with Crippen molar-refractivity contribution >= 4 is 18.0 Å². The zero-order valence-electron chi connectivity index (χ0n) is 13.2. The van der Waals surface area contributed by atoms with Crippen LogP contribution in [0.3, 0.4) is 0 Å². The fourth-order valence-corrected chi connectivity index (χ4v) is 2.67. The van der Waals surface area contributed by atoms with Gasteiger partial charge in [-0.2, -0.15) is 0 Å². The van der Waals surface area contributed by atoms with Crippen molar-refractivity contribution in [1.29, 1.82) is 0 Å². The first-order chi connectivity index (χ1) is 11.1. The quantitative estimate of drug-likeness (QED) is 0.643. The van der Waals surface area contributed by atoms with E-state index in [4.69, 9.17) is 14.6 Å². The van der Waals surface area contributed by atoms with Crippen LogP contribution in [-0.2, 0) is 14.3 Å². The Labute approximate surface area is 135 Å². The van der Waals surface area contributed by atoms with E-state index in [-0.39, 0.29) is 18.2 Å². The summed E-state index contributed by atoms with van der Waals surface area (Å²) in [6.45, 7) is 2.71. The normalized spacial score (nSPS) is 21.3. The Morgan fingerprint density at radius 2 is 1.74 bits per heavy atom. The van der Waals surface area contributed by atoms with Gasteiger partial charge in [-0.25, -0.2) is 9.59 Å². The first-order valence-electron chi connectivity index (χ1n) is 7.92. The highest BCUT2D eigenvalue weighted by atomic mass is 16.5. The van der Waals surface area contributed by atoms with Crippen molar-refractivity contribution in [2.45, 2.75) is 44.8 Å². The maximum atomic E-state index is 12.1. The lowest BCUT2D eigenvalue weighted by molar-refractivity contribution is -0.131. The van der Waals surface area contributed by atoms with E-state index in [1.807, 2.05) is 6.92 Å². The number of aliphatic carboxylic acids is 1. The van der Waals surface area contributed by atoms with Gasteiger partial charge >= 0.3 is 11.9 Å². The number of ether oxygens (including phenoxy) is 2. The van der Waals surface area contributed by atoms with Gasteiger partial charge in [0, 0.05) is 12.7 Å². The monoisotopic (exact) mass is 318 g/mol. The second-order valence-electron chi connectivity index (χ2n) is 5.55. The van der Waals surface area contributed by atoms with E-state index < -0.39 is 5.97 Å². The largest absolute Gasteiger partial charge is 0.478 e. The summed E-state index contributed by atoms with van der Waals surface area (Å²) in [4.78, 5) is 22.6. The predicted molar refractivity (Wildman–Crippen MR) is 86.2 cm³/mol. The Balaban J connectivity index is 1.85. The predicted octanol–water partition coefficient (Wildman–Crippen LogP) is 3.29. The van der Waals surface area contributed by atoms with Crippen LogP contribution in [-0.4, -0.2) is 35.9 Å². The summed E-state index contributed by atoms with van der Waals surface area (Å²) in [7, 11) is 0. The van der Waals surface area contributed by atoms with E-state index in [2.05, 4.69) is 0 Å². The minimum Gasteiger partial charge on any atom is -0.478 e. The molecule has 0 unspecified atom stereocenters. The van der Waals surface area contributed by atoms with Crippen LogP contribution in [0.4, 0.5) is 0 Å². The second-order valence-corrected chi connectivity index (χ2v) is 5.55. The van der Waals surface area contributed by atoms with E-state index in [0.717, 1.165) is 43.9 Å². The third-order valence-corrected chi connectivity index (χ3v) is 3.86. The van der Waals surface area contributed by atoms with Crippen LogP contribution in [0.1, 0.15) is 48.5 Å². The molecular formula is C18H22O5. The first-order valence-corrected chi connectivity index (χ1v) is 7.92. The highest BCUT2D eigenvalue weighted by molar-refractivity contribution is 5.90. The van der Waals surface area contributed by atoms with Gasteiger partial charge in [-0.1, -0.05) is 12.1 Å². The van der Waals surface area contributed by atoms with Crippen LogP contribution in [0.2, 0.25) is 0 Å². The number of hydrogen-bond acceptors (Lipinski definition) is 4. The van der Waals surface area contributed by atoms with Crippen molar-refractivity contribution in [2.24, 2.45) is 0 Å². The van der Waals surface area contributed by atoms with Crippen molar-refractivity contribution in [3.63, 3.8) is 0 Å². The van der Waals surface area contributed by atoms with Crippen molar-refractivity contribution < 1.29 is 24.2 Å². The Morgan fingerprint density at radius 1 is 1.13 bits per heavy atom. The van der Waals surface area contributed by atoms with E-state index in [1.54, 1.807) is 24.3 Å². The molecule has 1 aromatic rings. The lowest BCUT2D eigenvalue weighted by Crippen LogP contribution is -2.28. The molecule has 0 heterocycles. The maximum Gasteiger partial charge on any atom is 0.338 e. The van der Waals surface area contributed by atoms with Crippen LogP contribution in [0.5, 0.6) is 0 Å². The van der Waals surface area contributed by atoms with Crippen molar-refractivity contribution in [2.75, 3.05) is 6.61 Å². The standard InChI is InChI=1S/C18H22O5/c1-2-22-15-8-10-16(11-9-15)23-18(21)14-6-3-13(4-7-14)5-12-17(19)20/h3-7,12,15-16H,2,8-11H2,1H3,(H,19,20)/b12-5+. The van der Waals surface area contributed by atoms with Crippen LogP contribution < -0.4 is 0 Å². The van der Waals surface area contributed by atoms with Gasteiger partial charge in [0.2, 0.25) is 0 Å². The van der Waals surface area contributed by atoms with Crippen molar-refractivity contribution in [3.8, 4) is 0 Å². The van der Waals surface area contributed by atoms with Crippen molar-refractivity contribution in [1.82, 2.24) is 0 Å². The minimum atomic E-state index is -1.00. The topological polar surface area (TPSA) is 72.8 Å². The number of benzene rings is 1. The van der Waals surface area contributed by atoms with Gasteiger partial charge in [-0.05, 0) is 56.4 Å². The average Bonchev–Trinajstić information content (AvgIpc) is 2.55. The molecule has 0 radical (unpaired) electrons. The third kappa shape index (κ3) is 5.53. The van der Waals surface area contributed by atoms with Gasteiger partial charge in [0.25, 0.3) is 0 Å². The van der Waals surface area contributed by atoms with Gasteiger partial charge in [-0.15, -0.1) is 0 Å². The van der Waals surface area contributed by atoms with Crippen molar-refractivity contribution in [3.05, 3.63) is 41.5 Å². The first kappa shape index (κ1) is 17.2. The number of carbonyl (C=O) groups is 2. The van der Waals surface area contributed by atoms with Crippen LogP contribution in [0.15, 0.2) is 30.3 Å². The highest BCUT2D eigenvalue weighted by Crippen LogP contribution is 2.24. The lowest BCUT2D eigenvalue weighted by Gasteiger charge is -2.28. The number of esters is 1. The van der Waals surface area contributed by atoms with Crippen LogP contribution in [0, 0.1) is 0 Å². The van der Waals surface area contributed by atoms with Crippen LogP contribution in [0.25, 0.3) is 6.08 Å². The summed E-state index contributed by atoms with van der Waals surface area (Å²) in [6, 6.07) is 6.69. The zero-order valence-corrected chi connectivity index (χ0v) is 13.2. The summed E-state index contributed by atoms with van der Waals surface area (Å²) in [5, 5.41) is 8.58. The molecule has 0 aliphatic heterocycles. The molecular weight excluding hydrogens is 296 g/mol. The number of rotatable bonds is 6. The molecule has 1 aromatic carbocycles. The number of carboxylic acid groups (broad SMARTS) is 1. The molecule has 1 aliphatic rings. The molecule has 5 heteroatoms. The molecule has 1 N–H and O–H groups in total. The SMILES string of the molecule is CCOC1CCC(OC(=O)c2ccc(/C=C/C(=O)O)cc2)CC1. The van der Waals surface area contributed by atoms with Gasteiger partial charge in [0.05, 0.1) is 11.7 Å². The molecule has 1 aliphatic carbocycles. The smallest absolute Gasteiger partial charge is 0.338 e. The zero-order chi connectivity index (χ0) is 16.7. The molecule has 0 spiro atoms. The molecule has 0 aromatic heterocycles. The minimum absolute atomic E-state index is 0.0502. The van der Waals surface area contributed by atoms with Crippen LogP contribution >= 0.6 is 0 Å². The summed E-state index contributed by atoms with van der Waals surface area (Å²) in [5.41, 5.74) is 1.20. The van der Waals surface area contributed by atoms with Gasteiger partial charge in [-0.3, -0.25) is 0 Å². The van der Waals surface area contributed by atoms with E-state index in [9.17, 15) is 9.59 Å². The van der Waals surface area contributed by atoms with Gasteiger partial charge < -0.3 is 14.6 Å². The highest BCUT2D eigenvalue weighted by Gasteiger charge is 2.24. The molecule has 0 atom stereocenters. The Morgan fingerprint density at radius 3 is 2.30 bits per heavy atom. The third-order valence-electron chi connectivity index (χ3n) is 3.86. The molecule has 2 rings (SSSR count). The molecule has 5 nitrogen and oxygen atoms in total. The Hall–Kier alpha value is -2.14. The molecule has 23 heavy (non-hydrogen) atoms. The molecule has 0 bridgehead atoms. The summed E-state index contributed by atoms with van der Waals surface area (Å²) >= 11 is 0. The molecule has 124 valence electrons. The molecule has 1 saturated carbocycles. The molecule has 0 amide bonds. The summed E-state index contributed by atoms with van der Waals surface area (Å²) in [6.07, 6.45) is 6.28. The fourth-order valence-electron chi connectivity index (χ4n) is 2.67.